The molecule has 1 rings (SSSR count). The largest absolute Gasteiger partial charge is 0.479 e. The van der Waals surface area contributed by atoms with E-state index in [1.165, 1.54) is 7.11 Å². The van der Waals surface area contributed by atoms with E-state index in [2.05, 4.69) is 5.32 Å². The topological polar surface area (TPSA) is 113 Å². The Morgan fingerprint density at radius 2 is 2.10 bits per heavy atom. The average Bonchev–Trinajstić information content (AvgIpc) is 2.37. The molecule has 0 aliphatic carbocycles. The van der Waals surface area contributed by atoms with Crippen LogP contribution in [-0.2, 0) is 24.3 Å². The van der Waals surface area contributed by atoms with Crippen molar-refractivity contribution < 1.29 is 27.9 Å². The number of sulfonamides is 1. The summed E-state index contributed by atoms with van der Waals surface area (Å²) in [6.45, 7) is 0.113. The van der Waals surface area contributed by atoms with Crippen LogP contribution >= 0.6 is 0 Å². The van der Waals surface area contributed by atoms with Crippen molar-refractivity contribution in [2.75, 3.05) is 26.5 Å². The molecule has 1 heterocycles. The second kappa shape index (κ2) is 7.00. The van der Waals surface area contributed by atoms with Gasteiger partial charge in [0.2, 0.25) is 15.9 Å². The molecule has 0 spiro atoms. The minimum Gasteiger partial charge on any atom is -0.479 e. The van der Waals surface area contributed by atoms with Crippen molar-refractivity contribution in [2.45, 2.75) is 31.4 Å². The maximum atomic E-state index is 12.0. The van der Waals surface area contributed by atoms with Gasteiger partial charge in [-0.3, -0.25) is 4.79 Å². The van der Waals surface area contributed by atoms with Crippen LogP contribution in [-0.4, -0.2) is 68.3 Å². The summed E-state index contributed by atoms with van der Waals surface area (Å²) in [5, 5.41) is 11.2. The molecule has 1 amide bonds. The number of hydrogen-bond donors (Lipinski definition) is 2. The van der Waals surface area contributed by atoms with Crippen LogP contribution in [0.3, 0.4) is 0 Å². The number of carbonyl (C=O) groups is 2. The molecule has 116 valence electrons. The monoisotopic (exact) mass is 308 g/mol. The molecule has 0 radical (unpaired) electrons. The van der Waals surface area contributed by atoms with E-state index in [-0.39, 0.29) is 6.54 Å². The van der Waals surface area contributed by atoms with E-state index in [0.29, 0.717) is 19.4 Å². The summed E-state index contributed by atoms with van der Waals surface area (Å²) in [5.41, 5.74) is 0. The molecule has 8 nitrogen and oxygen atoms in total. The number of methoxy groups -OCH3 is 1. The Labute approximate surface area is 118 Å². The highest BCUT2D eigenvalue weighted by Crippen LogP contribution is 2.19. The molecular formula is C11H20N2O6S. The van der Waals surface area contributed by atoms with Crippen LogP contribution in [0.4, 0.5) is 0 Å². The third-order valence-corrected chi connectivity index (χ3v) is 4.49. The fourth-order valence-electron chi connectivity index (χ4n) is 2.15. The molecule has 20 heavy (non-hydrogen) atoms. The van der Waals surface area contributed by atoms with Crippen LogP contribution in [0.25, 0.3) is 0 Å². The lowest BCUT2D eigenvalue weighted by Gasteiger charge is -2.32. The minimum absolute atomic E-state index is 0.196. The van der Waals surface area contributed by atoms with Crippen molar-refractivity contribution in [3.05, 3.63) is 0 Å². The van der Waals surface area contributed by atoms with Gasteiger partial charge in [-0.25, -0.2) is 13.2 Å². The molecule has 0 bridgehead atoms. The zero-order valence-corrected chi connectivity index (χ0v) is 12.4. The molecule has 9 heteroatoms. The minimum atomic E-state index is -3.46. The maximum absolute atomic E-state index is 12.0. The second-order valence-corrected chi connectivity index (χ2v) is 6.63. The normalized spacial score (nSPS) is 22.2. The van der Waals surface area contributed by atoms with Crippen LogP contribution < -0.4 is 5.32 Å². The first-order chi connectivity index (χ1) is 9.27. The Balaban J connectivity index is 2.67. The summed E-state index contributed by atoms with van der Waals surface area (Å²) in [7, 11) is -2.23. The van der Waals surface area contributed by atoms with E-state index in [4.69, 9.17) is 9.84 Å². The summed E-state index contributed by atoms with van der Waals surface area (Å²) in [5.74, 6) is -1.67. The quantitative estimate of drug-likeness (QED) is 0.652. The molecule has 0 aromatic rings. The molecule has 0 aromatic carbocycles. The average molecular weight is 308 g/mol. The Morgan fingerprint density at radius 1 is 1.45 bits per heavy atom. The van der Waals surface area contributed by atoms with Crippen LogP contribution in [0.5, 0.6) is 0 Å². The SMILES string of the molecule is COC(CNC(=O)C1CCCCN1S(C)(=O)=O)C(=O)O. The number of carbonyl (C=O) groups excluding carboxylic acids is 1. The van der Waals surface area contributed by atoms with Crippen LogP contribution in [0.15, 0.2) is 0 Å². The van der Waals surface area contributed by atoms with E-state index in [9.17, 15) is 18.0 Å². The molecule has 1 fully saturated rings. The molecule has 0 aromatic heterocycles. The molecule has 2 atom stereocenters. The van der Waals surface area contributed by atoms with Gasteiger partial charge in [-0.15, -0.1) is 0 Å². The Kier molecular flexibility index (Phi) is 5.90. The fraction of sp³-hybridized carbons (Fsp3) is 0.818. The summed E-state index contributed by atoms with van der Waals surface area (Å²) in [6, 6.07) is -0.773. The third kappa shape index (κ3) is 4.43. The Bertz CT molecular complexity index is 464. The number of nitrogens with one attached hydrogen (secondary N) is 1. The second-order valence-electron chi connectivity index (χ2n) is 4.69. The number of carboxylic acids is 1. The number of carboxylic acid groups (broad SMARTS) is 1. The van der Waals surface area contributed by atoms with Gasteiger partial charge in [-0.2, -0.15) is 4.31 Å². The molecule has 1 aliphatic rings. The van der Waals surface area contributed by atoms with Crippen LogP contribution in [0.2, 0.25) is 0 Å². The van der Waals surface area contributed by atoms with Crippen molar-refractivity contribution in [2.24, 2.45) is 0 Å². The first-order valence-electron chi connectivity index (χ1n) is 6.27. The predicted molar refractivity (Wildman–Crippen MR) is 70.6 cm³/mol. The van der Waals surface area contributed by atoms with Crippen molar-refractivity contribution in [1.82, 2.24) is 9.62 Å². The smallest absolute Gasteiger partial charge is 0.334 e. The number of amides is 1. The lowest BCUT2D eigenvalue weighted by atomic mass is 10.0. The molecule has 1 aliphatic heterocycles. The molecule has 0 saturated carbocycles. The predicted octanol–water partition coefficient (Wildman–Crippen LogP) is -0.984. The zero-order chi connectivity index (χ0) is 15.3. The summed E-state index contributed by atoms with van der Waals surface area (Å²) in [6.07, 6.45) is 1.83. The summed E-state index contributed by atoms with van der Waals surface area (Å²) < 4.78 is 29.1. The van der Waals surface area contributed by atoms with Crippen molar-refractivity contribution in [3.8, 4) is 0 Å². The molecule has 2 unspecified atom stereocenters. The first kappa shape index (κ1) is 16.9. The number of nitrogens with zero attached hydrogens (tertiary/aromatic N) is 1. The number of ether oxygens (including phenoxy) is 1. The van der Waals surface area contributed by atoms with Gasteiger partial charge in [-0.1, -0.05) is 6.42 Å². The molecule has 1 saturated heterocycles. The third-order valence-electron chi connectivity index (χ3n) is 3.20. The standard InChI is InChI=1S/C11H20N2O6S/c1-19-9(11(15)16)7-12-10(14)8-5-3-4-6-13(8)20(2,17)18/h8-9H,3-7H2,1-2H3,(H,12,14)(H,15,16). The van der Waals surface area contributed by atoms with Gasteiger partial charge in [0.05, 0.1) is 12.8 Å². The highest BCUT2D eigenvalue weighted by Gasteiger charge is 2.34. The summed E-state index contributed by atoms with van der Waals surface area (Å²) >= 11 is 0. The molecule has 2 N–H and O–H groups in total. The van der Waals surface area contributed by atoms with E-state index in [1.54, 1.807) is 0 Å². The van der Waals surface area contributed by atoms with Gasteiger partial charge in [-0.05, 0) is 12.8 Å². The fourth-order valence-corrected chi connectivity index (χ4v) is 3.27. The van der Waals surface area contributed by atoms with E-state index >= 15 is 0 Å². The number of hydrogen-bond acceptors (Lipinski definition) is 5. The van der Waals surface area contributed by atoms with E-state index in [0.717, 1.165) is 17.0 Å². The number of piperidine rings is 1. The lowest BCUT2D eigenvalue weighted by Crippen LogP contribution is -2.53. The van der Waals surface area contributed by atoms with Gasteiger partial charge in [0.25, 0.3) is 0 Å². The van der Waals surface area contributed by atoms with E-state index < -0.39 is 34.0 Å². The Morgan fingerprint density at radius 3 is 2.60 bits per heavy atom. The van der Waals surface area contributed by atoms with Crippen LogP contribution in [0.1, 0.15) is 19.3 Å². The lowest BCUT2D eigenvalue weighted by molar-refractivity contribution is -0.148. The number of aliphatic carboxylic acids is 1. The highest BCUT2D eigenvalue weighted by atomic mass is 32.2. The molecular weight excluding hydrogens is 288 g/mol. The first-order valence-corrected chi connectivity index (χ1v) is 8.12. The van der Waals surface area contributed by atoms with Gasteiger partial charge < -0.3 is 15.2 Å². The highest BCUT2D eigenvalue weighted by molar-refractivity contribution is 7.88. The Hall–Kier alpha value is -1.19. The zero-order valence-electron chi connectivity index (χ0n) is 11.5. The maximum Gasteiger partial charge on any atom is 0.334 e. The number of rotatable bonds is 6. The van der Waals surface area contributed by atoms with Crippen molar-refractivity contribution >= 4 is 21.9 Å². The van der Waals surface area contributed by atoms with Crippen LogP contribution in [0, 0.1) is 0 Å². The summed E-state index contributed by atoms with van der Waals surface area (Å²) in [4.78, 5) is 22.8. The van der Waals surface area contributed by atoms with Crippen molar-refractivity contribution in [3.63, 3.8) is 0 Å². The van der Waals surface area contributed by atoms with Gasteiger partial charge in [0.1, 0.15) is 6.04 Å². The van der Waals surface area contributed by atoms with Crippen molar-refractivity contribution in [1.29, 1.82) is 0 Å². The van der Waals surface area contributed by atoms with Gasteiger partial charge in [0, 0.05) is 13.7 Å². The van der Waals surface area contributed by atoms with E-state index in [1.807, 2.05) is 0 Å². The van der Waals surface area contributed by atoms with Gasteiger partial charge >= 0.3 is 5.97 Å². The van der Waals surface area contributed by atoms with Gasteiger partial charge in [0.15, 0.2) is 6.10 Å².